The van der Waals surface area contributed by atoms with Crippen LogP contribution in [0, 0.1) is 0 Å². The predicted molar refractivity (Wildman–Crippen MR) is 38.7 cm³/mol. The molecule has 1 heterocycles. The van der Waals surface area contributed by atoms with Gasteiger partial charge in [0.2, 0.25) is 0 Å². The van der Waals surface area contributed by atoms with Crippen LogP contribution in [-0.2, 0) is 0 Å². The van der Waals surface area contributed by atoms with Gasteiger partial charge >= 0.3 is 0 Å². The Morgan fingerprint density at radius 2 is 1.56 bits per heavy atom. The molecule has 0 saturated carbocycles. The molecule has 0 N–H and O–H groups in total. The van der Waals surface area contributed by atoms with Crippen molar-refractivity contribution in [2.24, 2.45) is 0 Å². The van der Waals surface area contributed by atoms with Crippen LogP contribution in [0.15, 0.2) is 12.4 Å². The summed E-state index contributed by atoms with van der Waals surface area (Å²) in [6.07, 6.45) is 0. The van der Waals surface area contributed by atoms with Gasteiger partial charge in [0.25, 0.3) is 0 Å². The van der Waals surface area contributed by atoms with Gasteiger partial charge in [-0.25, -0.2) is 0 Å². The molecular formula is C7H14N2. The Morgan fingerprint density at radius 1 is 1.22 bits per heavy atom. The van der Waals surface area contributed by atoms with E-state index in [1.165, 1.54) is 0 Å². The molecular weight excluding hydrogens is 112 g/mol. The van der Waals surface area contributed by atoms with Crippen molar-refractivity contribution in [1.82, 2.24) is 9.80 Å². The van der Waals surface area contributed by atoms with E-state index in [1.54, 1.807) is 0 Å². The van der Waals surface area contributed by atoms with Crippen LogP contribution in [0.3, 0.4) is 0 Å². The lowest BCUT2D eigenvalue weighted by Crippen LogP contribution is -2.65. The molecule has 1 fully saturated rings. The SMILES string of the molecule is C=C1N(C)C(C)(C)N1C. The zero-order valence-electron chi connectivity index (χ0n) is 6.60. The Kier molecular flexibility index (Phi) is 1.03. The molecule has 0 bridgehead atoms. The zero-order chi connectivity index (χ0) is 7.23. The van der Waals surface area contributed by atoms with Crippen LogP contribution >= 0.6 is 0 Å². The largest absolute Gasteiger partial charge is 0.339 e. The highest BCUT2D eigenvalue weighted by Crippen LogP contribution is 2.34. The molecule has 52 valence electrons. The molecule has 0 unspecified atom stereocenters. The maximum Gasteiger partial charge on any atom is 0.109 e. The molecule has 1 rings (SSSR count). The smallest absolute Gasteiger partial charge is 0.109 e. The van der Waals surface area contributed by atoms with Crippen LogP contribution in [-0.4, -0.2) is 29.6 Å². The Balaban J connectivity index is 2.73. The lowest BCUT2D eigenvalue weighted by atomic mass is 10.1. The minimum absolute atomic E-state index is 0.178. The second-order valence-corrected chi connectivity index (χ2v) is 3.03. The number of rotatable bonds is 0. The van der Waals surface area contributed by atoms with E-state index >= 15 is 0 Å². The Morgan fingerprint density at radius 3 is 1.67 bits per heavy atom. The van der Waals surface area contributed by atoms with Crippen molar-refractivity contribution in [3.8, 4) is 0 Å². The van der Waals surface area contributed by atoms with Crippen LogP contribution in [0.4, 0.5) is 0 Å². The summed E-state index contributed by atoms with van der Waals surface area (Å²) in [5.41, 5.74) is 0.178. The van der Waals surface area contributed by atoms with Crippen molar-refractivity contribution in [3.05, 3.63) is 12.4 Å². The van der Waals surface area contributed by atoms with Gasteiger partial charge < -0.3 is 9.80 Å². The van der Waals surface area contributed by atoms with Gasteiger partial charge in [0.1, 0.15) is 5.66 Å². The topological polar surface area (TPSA) is 6.48 Å². The first kappa shape index (κ1) is 6.46. The number of nitrogens with zero attached hydrogens (tertiary/aromatic N) is 2. The molecule has 2 nitrogen and oxygen atoms in total. The molecule has 1 aliphatic heterocycles. The third kappa shape index (κ3) is 0.560. The summed E-state index contributed by atoms with van der Waals surface area (Å²) in [7, 11) is 4.12. The van der Waals surface area contributed by atoms with Gasteiger partial charge in [-0.05, 0) is 13.8 Å². The molecule has 2 heteroatoms. The van der Waals surface area contributed by atoms with Crippen molar-refractivity contribution < 1.29 is 0 Å². The number of hydrogen-bond acceptors (Lipinski definition) is 2. The molecule has 0 aromatic heterocycles. The fraction of sp³-hybridized carbons (Fsp3) is 0.714. The van der Waals surface area contributed by atoms with E-state index in [1.807, 2.05) is 0 Å². The first-order valence-corrected chi connectivity index (χ1v) is 3.14. The molecule has 0 atom stereocenters. The van der Waals surface area contributed by atoms with Gasteiger partial charge in [0.15, 0.2) is 0 Å². The summed E-state index contributed by atoms with van der Waals surface area (Å²) < 4.78 is 0. The average Bonchev–Trinajstić information content (AvgIpc) is 1.84. The fourth-order valence-electron chi connectivity index (χ4n) is 1.04. The minimum atomic E-state index is 0.178. The first-order chi connectivity index (χ1) is 3.98. The van der Waals surface area contributed by atoms with Gasteiger partial charge in [-0.3, -0.25) is 0 Å². The third-order valence-corrected chi connectivity index (χ3v) is 2.42. The fourth-order valence-corrected chi connectivity index (χ4v) is 1.04. The van der Waals surface area contributed by atoms with Gasteiger partial charge in [0, 0.05) is 14.1 Å². The minimum Gasteiger partial charge on any atom is -0.339 e. The van der Waals surface area contributed by atoms with E-state index in [2.05, 4.69) is 44.3 Å². The molecule has 0 amide bonds. The second-order valence-electron chi connectivity index (χ2n) is 3.03. The van der Waals surface area contributed by atoms with Gasteiger partial charge in [-0.1, -0.05) is 6.58 Å². The van der Waals surface area contributed by atoms with E-state index in [4.69, 9.17) is 0 Å². The average molecular weight is 126 g/mol. The normalized spacial score (nSPS) is 24.2. The molecule has 0 radical (unpaired) electrons. The quantitative estimate of drug-likeness (QED) is 0.479. The summed E-state index contributed by atoms with van der Waals surface area (Å²) in [6, 6.07) is 0. The Labute approximate surface area is 56.8 Å². The predicted octanol–water partition coefficient (Wildman–Crippen LogP) is 1.07. The van der Waals surface area contributed by atoms with E-state index < -0.39 is 0 Å². The first-order valence-electron chi connectivity index (χ1n) is 3.14. The van der Waals surface area contributed by atoms with Crippen LogP contribution in [0.2, 0.25) is 0 Å². The van der Waals surface area contributed by atoms with Crippen molar-refractivity contribution >= 4 is 0 Å². The summed E-state index contributed by atoms with van der Waals surface area (Å²) in [5.74, 6) is 1.10. The van der Waals surface area contributed by atoms with Crippen LogP contribution < -0.4 is 0 Å². The van der Waals surface area contributed by atoms with Crippen LogP contribution in [0.25, 0.3) is 0 Å². The van der Waals surface area contributed by atoms with Gasteiger partial charge in [-0.2, -0.15) is 0 Å². The monoisotopic (exact) mass is 126 g/mol. The van der Waals surface area contributed by atoms with Crippen LogP contribution in [0.5, 0.6) is 0 Å². The molecule has 1 aliphatic rings. The lowest BCUT2D eigenvalue weighted by Gasteiger charge is -2.58. The van der Waals surface area contributed by atoms with Crippen molar-refractivity contribution in [2.45, 2.75) is 19.5 Å². The van der Waals surface area contributed by atoms with Crippen molar-refractivity contribution in [1.29, 1.82) is 0 Å². The van der Waals surface area contributed by atoms with Crippen LogP contribution in [0.1, 0.15) is 13.8 Å². The molecule has 0 spiro atoms. The molecule has 1 saturated heterocycles. The standard InChI is InChI=1S/C7H14N2/c1-6-8(4)7(2,3)9(6)5/h1H2,2-5H3. The maximum absolute atomic E-state index is 3.87. The zero-order valence-corrected chi connectivity index (χ0v) is 6.60. The second kappa shape index (κ2) is 1.43. The number of hydrogen-bond donors (Lipinski definition) is 0. The molecule has 0 aromatic carbocycles. The summed E-state index contributed by atoms with van der Waals surface area (Å²) >= 11 is 0. The third-order valence-electron chi connectivity index (χ3n) is 2.42. The van der Waals surface area contributed by atoms with Crippen molar-refractivity contribution in [2.75, 3.05) is 14.1 Å². The molecule has 0 aromatic rings. The Hall–Kier alpha value is -0.660. The summed E-state index contributed by atoms with van der Waals surface area (Å²) in [4.78, 5) is 4.32. The highest BCUT2D eigenvalue weighted by molar-refractivity contribution is 5.10. The molecule has 9 heavy (non-hydrogen) atoms. The van der Waals surface area contributed by atoms with E-state index in [0.29, 0.717) is 0 Å². The van der Waals surface area contributed by atoms with E-state index in [9.17, 15) is 0 Å². The highest BCUT2D eigenvalue weighted by Gasteiger charge is 2.40. The molecule has 0 aliphatic carbocycles. The summed E-state index contributed by atoms with van der Waals surface area (Å²) in [6.45, 7) is 8.21. The van der Waals surface area contributed by atoms with Gasteiger partial charge in [0.05, 0.1) is 5.82 Å². The van der Waals surface area contributed by atoms with Gasteiger partial charge in [-0.15, -0.1) is 0 Å². The Bertz CT molecular complexity index is 135. The van der Waals surface area contributed by atoms with E-state index in [0.717, 1.165) is 5.82 Å². The summed E-state index contributed by atoms with van der Waals surface area (Å²) in [5, 5.41) is 0. The van der Waals surface area contributed by atoms with Crippen molar-refractivity contribution in [3.63, 3.8) is 0 Å². The maximum atomic E-state index is 3.87. The van der Waals surface area contributed by atoms with E-state index in [-0.39, 0.29) is 5.66 Å². The lowest BCUT2D eigenvalue weighted by molar-refractivity contribution is -0.0759. The highest BCUT2D eigenvalue weighted by atomic mass is 15.6.